The summed E-state index contributed by atoms with van der Waals surface area (Å²) in [6, 6.07) is 3.26. The van der Waals surface area contributed by atoms with E-state index in [2.05, 4.69) is 0 Å². The molecule has 4 nitrogen and oxygen atoms in total. The zero-order valence-electron chi connectivity index (χ0n) is 9.94. The molecule has 0 amide bonds. The largest absolute Gasteiger partial charge is 0.496 e. The van der Waals surface area contributed by atoms with Crippen LogP contribution < -0.4 is 14.2 Å². The van der Waals surface area contributed by atoms with Crippen molar-refractivity contribution in [3.05, 3.63) is 17.7 Å². The lowest BCUT2D eigenvalue weighted by atomic mass is 10.2. The number of carbonyl (C=O) groups excluding carboxylic acids is 1. The van der Waals surface area contributed by atoms with Crippen LogP contribution in [0.2, 0.25) is 0 Å². The van der Waals surface area contributed by atoms with Gasteiger partial charge in [0.1, 0.15) is 5.75 Å². The predicted molar refractivity (Wildman–Crippen MR) is 60.7 cm³/mol. The minimum Gasteiger partial charge on any atom is -0.496 e. The van der Waals surface area contributed by atoms with Gasteiger partial charge in [-0.25, -0.2) is 0 Å². The fourth-order valence-corrected chi connectivity index (χ4v) is 1.33. The van der Waals surface area contributed by atoms with Crippen molar-refractivity contribution >= 4 is 6.29 Å². The molecule has 0 radical (unpaired) electrons. The Bertz CT molecular complexity index is 372. The Balaban J connectivity index is 3.20. The summed E-state index contributed by atoms with van der Waals surface area (Å²) >= 11 is 0. The van der Waals surface area contributed by atoms with Crippen molar-refractivity contribution in [2.24, 2.45) is 0 Å². The SMILES string of the molecule is COc1cc(OC(C)C)c(OC)cc1C=O. The third-order valence-corrected chi connectivity index (χ3v) is 2.01. The van der Waals surface area contributed by atoms with Crippen LogP contribution >= 0.6 is 0 Å². The van der Waals surface area contributed by atoms with Crippen LogP contribution in [0, 0.1) is 0 Å². The molecule has 0 aliphatic rings. The van der Waals surface area contributed by atoms with Crippen LogP contribution in [0.4, 0.5) is 0 Å². The summed E-state index contributed by atoms with van der Waals surface area (Å²) in [5, 5.41) is 0. The second-order valence-corrected chi connectivity index (χ2v) is 3.53. The first-order valence-corrected chi connectivity index (χ1v) is 5.00. The summed E-state index contributed by atoms with van der Waals surface area (Å²) < 4.78 is 15.8. The van der Waals surface area contributed by atoms with Gasteiger partial charge in [-0.1, -0.05) is 0 Å². The molecule has 0 spiro atoms. The van der Waals surface area contributed by atoms with E-state index < -0.39 is 0 Å². The molecule has 4 heteroatoms. The number of aldehydes is 1. The molecular weight excluding hydrogens is 208 g/mol. The molecule has 0 bridgehead atoms. The lowest BCUT2D eigenvalue weighted by Gasteiger charge is -2.15. The van der Waals surface area contributed by atoms with Gasteiger partial charge in [-0.3, -0.25) is 4.79 Å². The Morgan fingerprint density at radius 3 is 2.12 bits per heavy atom. The Kier molecular flexibility index (Phi) is 4.17. The smallest absolute Gasteiger partial charge is 0.165 e. The van der Waals surface area contributed by atoms with Gasteiger partial charge in [0.25, 0.3) is 0 Å². The van der Waals surface area contributed by atoms with Gasteiger partial charge in [0, 0.05) is 6.07 Å². The van der Waals surface area contributed by atoms with Gasteiger partial charge in [0.05, 0.1) is 25.9 Å². The molecule has 0 heterocycles. The Labute approximate surface area is 95.1 Å². The molecule has 1 aromatic rings. The van der Waals surface area contributed by atoms with Crippen LogP contribution in [0.1, 0.15) is 24.2 Å². The van der Waals surface area contributed by atoms with Crippen LogP contribution in [0.25, 0.3) is 0 Å². The minimum absolute atomic E-state index is 0.0284. The first-order chi connectivity index (χ1) is 7.62. The van der Waals surface area contributed by atoms with E-state index in [0.717, 1.165) is 6.29 Å². The Hall–Kier alpha value is -1.71. The fourth-order valence-electron chi connectivity index (χ4n) is 1.33. The van der Waals surface area contributed by atoms with Crippen LogP contribution in [-0.2, 0) is 0 Å². The number of methoxy groups -OCH3 is 2. The maximum atomic E-state index is 10.8. The molecule has 0 saturated heterocycles. The number of hydrogen-bond donors (Lipinski definition) is 0. The Morgan fingerprint density at radius 1 is 1.06 bits per heavy atom. The normalized spacial score (nSPS) is 10.1. The van der Waals surface area contributed by atoms with Gasteiger partial charge in [0.15, 0.2) is 17.8 Å². The molecule has 0 fully saturated rings. The molecule has 0 N–H and O–H groups in total. The molecule has 1 aromatic carbocycles. The quantitative estimate of drug-likeness (QED) is 0.720. The molecule has 0 aliphatic heterocycles. The molecule has 0 aromatic heterocycles. The van der Waals surface area contributed by atoms with Gasteiger partial charge >= 0.3 is 0 Å². The summed E-state index contributed by atoms with van der Waals surface area (Å²) in [5.41, 5.74) is 0.440. The summed E-state index contributed by atoms with van der Waals surface area (Å²) in [4.78, 5) is 10.8. The third kappa shape index (κ3) is 2.66. The summed E-state index contributed by atoms with van der Waals surface area (Å²) in [5.74, 6) is 1.57. The zero-order valence-corrected chi connectivity index (χ0v) is 9.94. The van der Waals surface area contributed by atoms with E-state index in [-0.39, 0.29) is 6.10 Å². The van der Waals surface area contributed by atoms with Crippen molar-refractivity contribution in [2.75, 3.05) is 14.2 Å². The Morgan fingerprint density at radius 2 is 1.69 bits per heavy atom. The monoisotopic (exact) mass is 224 g/mol. The molecule has 0 atom stereocenters. The average Bonchev–Trinajstić information content (AvgIpc) is 2.27. The van der Waals surface area contributed by atoms with Gasteiger partial charge in [-0.05, 0) is 19.9 Å². The fraction of sp³-hybridized carbons (Fsp3) is 0.417. The van der Waals surface area contributed by atoms with Gasteiger partial charge < -0.3 is 14.2 Å². The molecule has 88 valence electrons. The predicted octanol–water partition coefficient (Wildman–Crippen LogP) is 2.30. The van der Waals surface area contributed by atoms with Crippen molar-refractivity contribution in [2.45, 2.75) is 20.0 Å². The van der Waals surface area contributed by atoms with Crippen LogP contribution in [-0.4, -0.2) is 26.6 Å². The van der Waals surface area contributed by atoms with E-state index >= 15 is 0 Å². The van der Waals surface area contributed by atoms with Crippen molar-refractivity contribution < 1.29 is 19.0 Å². The van der Waals surface area contributed by atoms with Crippen LogP contribution in [0.5, 0.6) is 17.2 Å². The highest BCUT2D eigenvalue weighted by molar-refractivity contribution is 5.81. The minimum atomic E-state index is 0.0284. The lowest BCUT2D eigenvalue weighted by molar-refractivity contribution is 0.112. The maximum absolute atomic E-state index is 10.8. The highest BCUT2D eigenvalue weighted by Crippen LogP contribution is 2.34. The second-order valence-electron chi connectivity index (χ2n) is 3.53. The van der Waals surface area contributed by atoms with Gasteiger partial charge in [-0.15, -0.1) is 0 Å². The number of rotatable bonds is 5. The molecule has 0 aliphatic carbocycles. The first-order valence-electron chi connectivity index (χ1n) is 5.00. The highest BCUT2D eigenvalue weighted by Gasteiger charge is 2.12. The van der Waals surface area contributed by atoms with Crippen molar-refractivity contribution in [3.8, 4) is 17.2 Å². The number of benzene rings is 1. The summed E-state index contributed by atoms with van der Waals surface area (Å²) in [7, 11) is 3.04. The average molecular weight is 224 g/mol. The topological polar surface area (TPSA) is 44.8 Å². The van der Waals surface area contributed by atoms with Crippen molar-refractivity contribution in [1.29, 1.82) is 0 Å². The molecule has 0 saturated carbocycles. The molecule has 1 rings (SSSR count). The molecular formula is C12H16O4. The third-order valence-electron chi connectivity index (χ3n) is 2.01. The van der Waals surface area contributed by atoms with Crippen molar-refractivity contribution in [3.63, 3.8) is 0 Å². The number of carbonyl (C=O) groups is 1. The molecule has 0 unspecified atom stereocenters. The second kappa shape index (κ2) is 5.39. The van der Waals surface area contributed by atoms with Crippen LogP contribution in [0.15, 0.2) is 12.1 Å². The van der Waals surface area contributed by atoms with E-state index in [1.165, 1.54) is 14.2 Å². The lowest BCUT2D eigenvalue weighted by Crippen LogP contribution is -2.07. The van der Waals surface area contributed by atoms with E-state index in [9.17, 15) is 4.79 Å². The van der Waals surface area contributed by atoms with Crippen LogP contribution in [0.3, 0.4) is 0 Å². The number of hydrogen-bond acceptors (Lipinski definition) is 4. The number of ether oxygens (including phenoxy) is 3. The maximum Gasteiger partial charge on any atom is 0.165 e. The van der Waals surface area contributed by atoms with Gasteiger partial charge in [-0.2, -0.15) is 0 Å². The van der Waals surface area contributed by atoms with Gasteiger partial charge in [0.2, 0.25) is 0 Å². The highest BCUT2D eigenvalue weighted by atomic mass is 16.5. The summed E-state index contributed by atoms with van der Waals surface area (Å²) in [6.07, 6.45) is 0.751. The van der Waals surface area contributed by atoms with E-state index in [1.54, 1.807) is 12.1 Å². The van der Waals surface area contributed by atoms with Crippen molar-refractivity contribution in [1.82, 2.24) is 0 Å². The zero-order chi connectivity index (χ0) is 12.1. The summed E-state index contributed by atoms with van der Waals surface area (Å²) in [6.45, 7) is 3.83. The van der Waals surface area contributed by atoms with E-state index in [1.807, 2.05) is 13.8 Å². The van der Waals surface area contributed by atoms with E-state index in [4.69, 9.17) is 14.2 Å². The standard InChI is InChI=1S/C12H16O4/c1-8(2)16-12-6-10(14-3)9(7-13)5-11(12)15-4/h5-8H,1-4H3. The molecule has 16 heavy (non-hydrogen) atoms. The van der Waals surface area contributed by atoms with E-state index in [0.29, 0.717) is 22.8 Å². The first kappa shape index (κ1) is 12.4.